The summed E-state index contributed by atoms with van der Waals surface area (Å²) in [6.07, 6.45) is 7.06. The van der Waals surface area contributed by atoms with Crippen LogP contribution in [0.4, 0.5) is 0 Å². The van der Waals surface area contributed by atoms with Gasteiger partial charge in [-0.05, 0) is 62.0 Å². The maximum Gasteiger partial charge on any atom is 0.0771 e. The Balaban J connectivity index is 1.64. The van der Waals surface area contributed by atoms with Crippen molar-refractivity contribution in [2.24, 2.45) is 11.8 Å². The van der Waals surface area contributed by atoms with E-state index in [4.69, 9.17) is 0 Å². The molecule has 1 aliphatic heterocycles. The highest BCUT2D eigenvalue weighted by Gasteiger charge is 2.32. The van der Waals surface area contributed by atoms with Crippen molar-refractivity contribution >= 4 is 11.8 Å². The lowest BCUT2D eigenvalue weighted by Crippen LogP contribution is -2.44. The molecule has 17 heavy (non-hydrogen) atoms. The Morgan fingerprint density at radius 1 is 1.24 bits per heavy atom. The number of rotatable bonds is 5. The first-order chi connectivity index (χ1) is 8.22. The summed E-state index contributed by atoms with van der Waals surface area (Å²) in [6, 6.07) is 0. The third-order valence-corrected chi connectivity index (χ3v) is 5.76. The van der Waals surface area contributed by atoms with Crippen LogP contribution in [-0.2, 0) is 0 Å². The highest BCUT2D eigenvalue weighted by Crippen LogP contribution is 2.33. The second kappa shape index (κ2) is 6.44. The van der Waals surface area contributed by atoms with Crippen LogP contribution in [0.5, 0.6) is 0 Å². The molecule has 1 heterocycles. The predicted octanol–water partition coefficient (Wildman–Crippen LogP) is 2.66. The van der Waals surface area contributed by atoms with Gasteiger partial charge < -0.3 is 10.4 Å². The number of aliphatic hydroxyl groups is 1. The Morgan fingerprint density at radius 3 is 2.59 bits per heavy atom. The monoisotopic (exact) mass is 257 g/mol. The lowest BCUT2D eigenvalue weighted by atomic mass is 9.78. The molecule has 0 aromatic heterocycles. The van der Waals surface area contributed by atoms with Crippen molar-refractivity contribution in [2.45, 2.75) is 51.0 Å². The van der Waals surface area contributed by atoms with Crippen LogP contribution in [0.15, 0.2) is 0 Å². The van der Waals surface area contributed by atoms with Gasteiger partial charge in [0.25, 0.3) is 0 Å². The van der Waals surface area contributed by atoms with Gasteiger partial charge in [-0.15, -0.1) is 0 Å². The van der Waals surface area contributed by atoms with Gasteiger partial charge in [-0.25, -0.2) is 0 Å². The van der Waals surface area contributed by atoms with E-state index in [1.807, 2.05) is 0 Å². The maximum absolute atomic E-state index is 10.5. The fraction of sp³-hybridized carbons (Fsp3) is 1.00. The first-order valence-corrected chi connectivity index (χ1v) is 8.38. The summed E-state index contributed by atoms with van der Waals surface area (Å²) in [5.41, 5.74) is -0.405. The number of hydrogen-bond donors (Lipinski definition) is 2. The van der Waals surface area contributed by atoms with Crippen LogP contribution in [-0.4, -0.2) is 35.3 Å². The highest BCUT2D eigenvalue weighted by molar-refractivity contribution is 7.99. The van der Waals surface area contributed by atoms with Crippen molar-refractivity contribution in [3.63, 3.8) is 0 Å². The van der Waals surface area contributed by atoms with E-state index in [-0.39, 0.29) is 0 Å². The average molecular weight is 257 g/mol. The fourth-order valence-corrected chi connectivity index (χ4v) is 4.34. The minimum absolute atomic E-state index is 0.405. The van der Waals surface area contributed by atoms with Crippen molar-refractivity contribution < 1.29 is 5.11 Å². The van der Waals surface area contributed by atoms with E-state index in [2.05, 4.69) is 24.0 Å². The SMILES string of the molecule is CCC1CCC(O)(CNCC2CCSC2)CC1. The summed E-state index contributed by atoms with van der Waals surface area (Å²) in [5, 5.41) is 14.0. The van der Waals surface area contributed by atoms with Crippen molar-refractivity contribution in [3.8, 4) is 0 Å². The molecule has 1 atom stereocenters. The van der Waals surface area contributed by atoms with Gasteiger partial charge in [-0.3, -0.25) is 0 Å². The van der Waals surface area contributed by atoms with E-state index < -0.39 is 5.60 Å². The van der Waals surface area contributed by atoms with Crippen LogP contribution >= 0.6 is 11.8 Å². The molecule has 100 valence electrons. The van der Waals surface area contributed by atoms with Gasteiger partial charge >= 0.3 is 0 Å². The summed E-state index contributed by atoms with van der Waals surface area (Å²) in [4.78, 5) is 0. The lowest BCUT2D eigenvalue weighted by molar-refractivity contribution is -0.00894. The molecule has 1 aliphatic carbocycles. The van der Waals surface area contributed by atoms with Crippen molar-refractivity contribution in [1.82, 2.24) is 5.32 Å². The third kappa shape index (κ3) is 4.15. The van der Waals surface area contributed by atoms with Crippen molar-refractivity contribution in [3.05, 3.63) is 0 Å². The summed E-state index contributed by atoms with van der Waals surface area (Å²) in [6.45, 7) is 4.18. The summed E-state index contributed by atoms with van der Waals surface area (Å²) in [5.74, 6) is 4.34. The first-order valence-electron chi connectivity index (χ1n) is 7.23. The van der Waals surface area contributed by atoms with Gasteiger partial charge in [0.1, 0.15) is 0 Å². The first kappa shape index (κ1) is 13.7. The third-order valence-electron chi connectivity index (χ3n) is 4.52. The number of nitrogens with one attached hydrogen (secondary N) is 1. The molecule has 1 unspecified atom stereocenters. The standard InChI is InChI=1S/C14H27NOS/c1-2-12-3-6-14(16,7-4-12)11-15-9-13-5-8-17-10-13/h12-13,15-16H,2-11H2,1H3. The molecule has 2 nitrogen and oxygen atoms in total. The average Bonchev–Trinajstić information content (AvgIpc) is 2.83. The molecule has 0 radical (unpaired) electrons. The molecule has 0 bridgehead atoms. The molecule has 2 fully saturated rings. The van der Waals surface area contributed by atoms with Gasteiger partial charge in [-0.1, -0.05) is 13.3 Å². The normalized spacial score (nSPS) is 38.5. The Bertz CT molecular complexity index is 220. The molecule has 0 amide bonds. The molecular formula is C14H27NOS. The zero-order chi connectivity index (χ0) is 12.1. The van der Waals surface area contributed by atoms with Crippen molar-refractivity contribution in [1.29, 1.82) is 0 Å². The zero-order valence-corrected chi connectivity index (χ0v) is 11.9. The van der Waals surface area contributed by atoms with Crippen LogP contribution in [0.3, 0.4) is 0 Å². The Labute approximate surface area is 110 Å². The molecule has 2 aliphatic rings. The van der Waals surface area contributed by atoms with Gasteiger partial charge in [0.05, 0.1) is 5.60 Å². The lowest BCUT2D eigenvalue weighted by Gasteiger charge is -2.36. The number of thioether (sulfide) groups is 1. The quantitative estimate of drug-likeness (QED) is 0.794. The minimum Gasteiger partial charge on any atom is -0.389 e. The van der Waals surface area contributed by atoms with E-state index in [1.165, 1.54) is 37.2 Å². The molecule has 0 aromatic carbocycles. The topological polar surface area (TPSA) is 32.3 Å². The van der Waals surface area contributed by atoms with Gasteiger partial charge in [0.15, 0.2) is 0 Å². The molecule has 1 saturated heterocycles. The molecule has 0 aromatic rings. The molecule has 3 heteroatoms. The van der Waals surface area contributed by atoms with Crippen LogP contribution in [0.25, 0.3) is 0 Å². The predicted molar refractivity (Wildman–Crippen MR) is 75.5 cm³/mol. The second-order valence-electron chi connectivity index (χ2n) is 5.94. The Kier molecular flexibility index (Phi) is 5.19. The molecular weight excluding hydrogens is 230 g/mol. The van der Waals surface area contributed by atoms with Gasteiger partial charge in [0, 0.05) is 6.54 Å². The van der Waals surface area contributed by atoms with E-state index in [1.54, 1.807) is 0 Å². The molecule has 1 saturated carbocycles. The molecule has 2 rings (SSSR count). The fourth-order valence-electron chi connectivity index (χ4n) is 3.05. The van der Waals surface area contributed by atoms with E-state index in [0.29, 0.717) is 0 Å². The van der Waals surface area contributed by atoms with Crippen LogP contribution in [0, 0.1) is 11.8 Å². The summed E-state index contributed by atoms with van der Waals surface area (Å²) in [7, 11) is 0. The molecule has 2 N–H and O–H groups in total. The van der Waals surface area contributed by atoms with E-state index in [9.17, 15) is 5.11 Å². The van der Waals surface area contributed by atoms with Gasteiger partial charge in [0.2, 0.25) is 0 Å². The Morgan fingerprint density at radius 2 is 2.00 bits per heavy atom. The van der Waals surface area contributed by atoms with E-state index >= 15 is 0 Å². The van der Waals surface area contributed by atoms with Gasteiger partial charge in [-0.2, -0.15) is 11.8 Å². The molecule has 0 spiro atoms. The van der Waals surface area contributed by atoms with Crippen LogP contribution in [0.2, 0.25) is 0 Å². The zero-order valence-electron chi connectivity index (χ0n) is 11.1. The van der Waals surface area contributed by atoms with Crippen molar-refractivity contribution in [2.75, 3.05) is 24.6 Å². The van der Waals surface area contributed by atoms with Crippen LogP contribution in [0.1, 0.15) is 45.4 Å². The van der Waals surface area contributed by atoms with E-state index in [0.717, 1.165) is 37.8 Å². The minimum atomic E-state index is -0.405. The second-order valence-corrected chi connectivity index (χ2v) is 7.09. The Hall–Kier alpha value is 0.270. The summed E-state index contributed by atoms with van der Waals surface area (Å²) < 4.78 is 0. The summed E-state index contributed by atoms with van der Waals surface area (Å²) >= 11 is 2.07. The largest absolute Gasteiger partial charge is 0.389 e. The smallest absolute Gasteiger partial charge is 0.0771 e. The van der Waals surface area contributed by atoms with Crippen LogP contribution < -0.4 is 5.32 Å². The highest BCUT2D eigenvalue weighted by atomic mass is 32.2. The number of hydrogen-bond acceptors (Lipinski definition) is 3. The maximum atomic E-state index is 10.5.